The Morgan fingerprint density at radius 1 is 1.08 bits per heavy atom. The molecule has 6 aliphatic rings. The van der Waals surface area contributed by atoms with Gasteiger partial charge in [-0.15, -0.1) is 0 Å². The summed E-state index contributed by atoms with van der Waals surface area (Å²) < 4.78 is 0. The lowest BCUT2D eigenvalue weighted by Gasteiger charge is -2.60. The van der Waals surface area contributed by atoms with E-state index in [1.165, 1.54) is 44.9 Å². The third-order valence-electron chi connectivity index (χ3n) is 8.68. The van der Waals surface area contributed by atoms with Crippen molar-refractivity contribution in [3.63, 3.8) is 0 Å². The van der Waals surface area contributed by atoms with Gasteiger partial charge in [-0.1, -0.05) is 0 Å². The Labute approximate surface area is 157 Å². The molecule has 26 heavy (non-hydrogen) atoms. The van der Waals surface area contributed by atoms with Crippen molar-refractivity contribution in [2.75, 3.05) is 26.2 Å². The number of likely N-dealkylation sites (tertiary alicyclic amines) is 1. The number of nitrogens with zero attached hydrogens (tertiary/aromatic N) is 1. The van der Waals surface area contributed by atoms with E-state index in [0.29, 0.717) is 36.6 Å². The molecule has 146 valence electrons. The number of carbonyl (C=O) groups excluding carboxylic acids is 1. The Kier molecular flexibility index (Phi) is 4.33. The number of aliphatic hydroxyl groups is 1. The second-order valence-corrected chi connectivity index (χ2v) is 10.2. The fourth-order valence-electron chi connectivity index (χ4n) is 8.06. The van der Waals surface area contributed by atoms with Crippen LogP contribution in [0.4, 0.5) is 0 Å². The Hall–Kier alpha value is -0.650. The van der Waals surface area contributed by atoms with Crippen LogP contribution in [0.3, 0.4) is 0 Å². The van der Waals surface area contributed by atoms with Gasteiger partial charge in [0.15, 0.2) is 0 Å². The SMILES string of the molecule is NC(=O)[C@@]1(C2C3CC4CC(C3)CC2C4)C[C@@H](O)CN1CC1CCNCC1. The first-order valence-corrected chi connectivity index (χ1v) is 11.0. The van der Waals surface area contributed by atoms with Crippen molar-refractivity contribution in [1.82, 2.24) is 10.2 Å². The molecule has 2 atom stereocenters. The van der Waals surface area contributed by atoms with Crippen LogP contribution in [0.1, 0.15) is 51.4 Å². The minimum Gasteiger partial charge on any atom is -0.392 e. The summed E-state index contributed by atoms with van der Waals surface area (Å²) in [5, 5.41) is 14.0. The molecule has 0 spiro atoms. The number of carbonyl (C=O) groups is 1. The van der Waals surface area contributed by atoms with Crippen LogP contribution in [0.25, 0.3) is 0 Å². The van der Waals surface area contributed by atoms with Crippen LogP contribution in [-0.2, 0) is 4.79 Å². The van der Waals surface area contributed by atoms with Crippen LogP contribution < -0.4 is 11.1 Å². The van der Waals surface area contributed by atoms with Gasteiger partial charge in [0.2, 0.25) is 5.91 Å². The zero-order valence-electron chi connectivity index (χ0n) is 15.9. The first-order valence-electron chi connectivity index (χ1n) is 11.0. The number of β-amino-alcohol motifs (C(OH)–C–C–N with tert-alkyl or cyclic N) is 1. The summed E-state index contributed by atoms with van der Waals surface area (Å²) in [6.07, 6.45) is 9.11. The maximum atomic E-state index is 13.0. The molecule has 5 nitrogen and oxygen atoms in total. The van der Waals surface area contributed by atoms with Gasteiger partial charge < -0.3 is 16.2 Å². The number of rotatable bonds is 4. The van der Waals surface area contributed by atoms with E-state index in [4.69, 9.17) is 5.73 Å². The molecule has 0 aromatic rings. The normalized spacial score (nSPS) is 49.0. The monoisotopic (exact) mass is 361 g/mol. The van der Waals surface area contributed by atoms with Gasteiger partial charge in [0.05, 0.1) is 6.10 Å². The van der Waals surface area contributed by atoms with E-state index in [1.54, 1.807) is 0 Å². The lowest BCUT2D eigenvalue weighted by molar-refractivity contribution is -0.149. The molecular weight excluding hydrogens is 326 g/mol. The van der Waals surface area contributed by atoms with Gasteiger partial charge in [-0.25, -0.2) is 0 Å². The molecule has 4 N–H and O–H groups in total. The van der Waals surface area contributed by atoms with Gasteiger partial charge >= 0.3 is 0 Å². The highest BCUT2D eigenvalue weighted by Crippen LogP contribution is 2.61. The second-order valence-electron chi connectivity index (χ2n) is 10.2. The second kappa shape index (κ2) is 6.46. The summed E-state index contributed by atoms with van der Waals surface area (Å²) in [6.45, 7) is 3.71. The topological polar surface area (TPSA) is 78.6 Å². The van der Waals surface area contributed by atoms with E-state index in [9.17, 15) is 9.90 Å². The third kappa shape index (κ3) is 2.65. The molecule has 2 aliphatic heterocycles. The van der Waals surface area contributed by atoms with E-state index in [1.807, 2.05) is 0 Å². The van der Waals surface area contributed by atoms with Crippen LogP contribution in [-0.4, -0.2) is 53.7 Å². The van der Waals surface area contributed by atoms with Crippen molar-refractivity contribution < 1.29 is 9.90 Å². The molecule has 0 aromatic heterocycles. The molecule has 0 radical (unpaired) electrons. The summed E-state index contributed by atoms with van der Waals surface area (Å²) in [5.41, 5.74) is 5.58. The van der Waals surface area contributed by atoms with E-state index in [0.717, 1.165) is 31.5 Å². The average Bonchev–Trinajstić information content (AvgIpc) is 2.92. The maximum Gasteiger partial charge on any atom is 0.238 e. The number of hydrogen-bond donors (Lipinski definition) is 3. The zero-order chi connectivity index (χ0) is 17.9. The number of hydrogen-bond acceptors (Lipinski definition) is 4. The van der Waals surface area contributed by atoms with Crippen molar-refractivity contribution in [3.8, 4) is 0 Å². The van der Waals surface area contributed by atoms with Crippen LogP contribution in [0.15, 0.2) is 0 Å². The molecule has 0 aromatic carbocycles. The summed E-state index contributed by atoms with van der Waals surface area (Å²) in [7, 11) is 0. The molecule has 6 fully saturated rings. The Morgan fingerprint density at radius 2 is 1.69 bits per heavy atom. The van der Waals surface area contributed by atoms with E-state index >= 15 is 0 Å². The molecule has 5 heteroatoms. The van der Waals surface area contributed by atoms with E-state index in [-0.39, 0.29) is 5.91 Å². The van der Waals surface area contributed by atoms with E-state index in [2.05, 4.69) is 10.2 Å². The maximum absolute atomic E-state index is 13.0. The van der Waals surface area contributed by atoms with Gasteiger partial charge in [-0.3, -0.25) is 9.69 Å². The predicted octanol–water partition coefficient (Wildman–Crippen LogP) is 1.35. The molecule has 4 aliphatic carbocycles. The Bertz CT molecular complexity index is 533. The first kappa shape index (κ1) is 17.4. The Morgan fingerprint density at radius 3 is 2.27 bits per heavy atom. The van der Waals surface area contributed by atoms with Crippen molar-refractivity contribution in [3.05, 3.63) is 0 Å². The molecule has 4 saturated carbocycles. The van der Waals surface area contributed by atoms with Gasteiger partial charge in [-0.2, -0.15) is 0 Å². The van der Waals surface area contributed by atoms with Crippen LogP contribution in [0.2, 0.25) is 0 Å². The van der Waals surface area contributed by atoms with Gasteiger partial charge in [0, 0.05) is 19.5 Å². The zero-order valence-corrected chi connectivity index (χ0v) is 15.9. The number of aliphatic hydroxyl groups excluding tert-OH is 1. The number of primary amides is 1. The molecule has 2 saturated heterocycles. The van der Waals surface area contributed by atoms with Crippen molar-refractivity contribution in [1.29, 1.82) is 0 Å². The summed E-state index contributed by atoms with van der Waals surface area (Å²) in [6, 6.07) is 0. The van der Waals surface area contributed by atoms with Crippen molar-refractivity contribution >= 4 is 5.91 Å². The molecule has 2 heterocycles. The van der Waals surface area contributed by atoms with Crippen LogP contribution >= 0.6 is 0 Å². The number of amides is 1. The largest absolute Gasteiger partial charge is 0.392 e. The van der Waals surface area contributed by atoms with Crippen molar-refractivity contribution in [2.45, 2.75) is 63.0 Å². The predicted molar refractivity (Wildman–Crippen MR) is 100 cm³/mol. The third-order valence-corrected chi connectivity index (χ3v) is 8.68. The standard InChI is InChI=1S/C21H35N3O2/c22-20(26)21(19-16-6-14-5-15(8-16)9-17(19)7-14)10-18(25)12-24(21)11-13-1-3-23-4-2-13/h13-19,23,25H,1-12H2,(H2,22,26)/t14?,15?,16?,17?,18-,19?,21+/m1/s1. The van der Waals surface area contributed by atoms with Gasteiger partial charge in [-0.05, 0) is 93.5 Å². The summed E-state index contributed by atoms with van der Waals surface area (Å²) in [4.78, 5) is 15.4. The molecule has 0 unspecified atom stereocenters. The minimum absolute atomic E-state index is 0.152. The van der Waals surface area contributed by atoms with Gasteiger partial charge in [0.25, 0.3) is 0 Å². The average molecular weight is 362 g/mol. The molecule has 4 bridgehead atoms. The fraction of sp³-hybridized carbons (Fsp3) is 0.952. The summed E-state index contributed by atoms with van der Waals surface area (Å²) in [5.74, 6) is 3.94. The first-order chi connectivity index (χ1) is 12.6. The summed E-state index contributed by atoms with van der Waals surface area (Å²) >= 11 is 0. The van der Waals surface area contributed by atoms with Crippen molar-refractivity contribution in [2.24, 2.45) is 41.2 Å². The lowest BCUT2D eigenvalue weighted by atomic mass is 9.47. The Balaban J connectivity index is 1.45. The number of piperidine rings is 1. The highest BCUT2D eigenvalue weighted by molar-refractivity contribution is 5.86. The minimum atomic E-state index is -0.590. The number of nitrogens with one attached hydrogen (secondary N) is 1. The smallest absolute Gasteiger partial charge is 0.238 e. The quantitative estimate of drug-likeness (QED) is 0.706. The fourth-order valence-corrected chi connectivity index (χ4v) is 8.06. The molecule has 6 rings (SSSR count). The van der Waals surface area contributed by atoms with Crippen LogP contribution in [0.5, 0.6) is 0 Å². The molecule has 1 amide bonds. The highest BCUT2D eigenvalue weighted by Gasteiger charge is 2.62. The van der Waals surface area contributed by atoms with Gasteiger partial charge in [0.1, 0.15) is 5.54 Å². The van der Waals surface area contributed by atoms with E-state index < -0.39 is 11.6 Å². The number of nitrogens with two attached hydrogens (primary N) is 1. The van der Waals surface area contributed by atoms with Crippen LogP contribution in [0, 0.1) is 35.5 Å². The highest BCUT2D eigenvalue weighted by atomic mass is 16.3. The molecular formula is C21H35N3O2. The lowest BCUT2D eigenvalue weighted by Crippen LogP contribution is -2.66.